The summed E-state index contributed by atoms with van der Waals surface area (Å²) in [4.78, 5) is 6.01. The number of aryl methyl sites for hydroxylation is 1. The summed E-state index contributed by atoms with van der Waals surface area (Å²) in [5.74, 6) is 0.548. The summed E-state index contributed by atoms with van der Waals surface area (Å²) >= 11 is 6.86. The lowest BCUT2D eigenvalue weighted by atomic mass is 9.95. The molecule has 9 heteroatoms. The van der Waals surface area contributed by atoms with Crippen LogP contribution in [0.3, 0.4) is 0 Å². The van der Waals surface area contributed by atoms with Crippen molar-refractivity contribution in [3.8, 4) is 11.8 Å². The fourth-order valence-electron chi connectivity index (χ4n) is 2.91. The predicted molar refractivity (Wildman–Crippen MR) is 118 cm³/mol. The molecule has 0 radical (unpaired) electrons. The average Bonchev–Trinajstić information content (AvgIpc) is 3.05. The second kappa shape index (κ2) is 9.13. The van der Waals surface area contributed by atoms with Gasteiger partial charge in [0.15, 0.2) is 4.80 Å². The highest BCUT2D eigenvalue weighted by Crippen LogP contribution is 2.30. The maximum atomic E-state index is 12.8. The number of nitrogens with zero attached hydrogens (tertiary/aromatic N) is 3. The number of hydrogen-bond acceptors (Lipinski definition) is 4. The van der Waals surface area contributed by atoms with Gasteiger partial charge in [0.05, 0.1) is 29.7 Å². The zero-order valence-electron chi connectivity index (χ0n) is 17.6. The van der Waals surface area contributed by atoms with Crippen molar-refractivity contribution in [2.24, 2.45) is 4.99 Å². The minimum Gasteiger partial charge on any atom is -0.490 e. The molecule has 31 heavy (non-hydrogen) atoms. The molecular formula is C22H24F3N3OS2. The summed E-state index contributed by atoms with van der Waals surface area (Å²) < 4.78 is 46.0. The largest absolute Gasteiger partial charge is 0.490 e. The minimum absolute atomic E-state index is 0.112. The molecule has 0 bridgehead atoms. The van der Waals surface area contributed by atoms with Crippen LogP contribution < -0.4 is 9.54 Å². The van der Waals surface area contributed by atoms with Crippen LogP contribution in [0.25, 0.3) is 0 Å². The van der Waals surface area contributed by atoms with Crippen molar-refractivity contribution in [1.29, 1.82) is 5.26 Å². The van der Waals surface area contributed by atoms with Gasteiger partial charge in [-0.3, -0.25) is 0 Å². The molecule has 1 aliphatic carbocycles. The van der Waals surface area contributed by atoms with Crippen molar-refractivity contribution < 1.29 is 17.9 Å². The van der Waals surface area contributed by atoms with Crippen LogP contribution in [-0.2, 0) is 12.0 Å². The number of thiazole rings is 1. The Morgan fingerprint density at radius 2 is 2.03 bits per heavy atom. The third-order valence-electron chi connectivity index (χ3n) is 4.98. The number of rotatable bonds is 5. The number of hydrogen-bond donors (Lipinski definition) is 0. The zero-order valence-corrected chi connectivity index (χ0v) is 19.3. The molecule has 1 aromatic carbocycles. The van der Waals surface area contributed by atoms with E-state index in [4.69, 9.17) is 17.0 Å². The van der Waals surface area contributed by atoms with Crippen LogP contribution in [-0.4, -0.2) is 21.8 Å². The number of thiocarbonyl (C=S) groups is 1. The van der Waals surface area contributed by atoms with E-state index in [1.165, 1.54) is 15.9 Å². The Hall–Kier alpha value is -2.18. The molecule has 0 aliphatic heterocycles. The molecule has 166 valence electrons. The van der Waals surface area contributed by atoms with E-state index >= 15 is 0 Å². The van der Waals surface area contributed by atoms with Crippen molar-refractivity contribution in [2.75, 3.05) is 0 Å². The van der Waals surface area contributed by atoms with Crippen molar-refractivity contribution >= 4 is 28.5 Å². The third-order valence-corrected chi connectivity index (χ3v) is 6.73. The number of alkyl halides is 3. The number of aromatic nitrogens is 1. The molecule has 1 aliphatic rings. The van der Waals surface area contributed by atoms with Gasteiger partial charge in [0, 0.05) is 17.6 Å². The van der Waals surface area contributed by atoms with Gasteiger partial charge in [0.2, 0.25) is 0 Å². The van der Waals surface area contributed by atoms with Gasteiger partial charge < -0.3 is 9.30 Å². The van der Waals surface area contributed by atoms with Crippen molar-refractivity contribution in [3.63, 3.8) is 0 Å². The van der Waals surface area contributed by atoms with Gasteiger partial charge in [-0.1, -0.05) is 33.0 Å². The van der Waals surface area contributed by atoms with E-state index in [9.17, 15) is 18.4 Å². The summed E-state index contributed by atoms with van der Waals surface area (Å²) in [6.45, 7) is 5.75. The molecule has 1 saturated carbocycles. The molecule has 0 atom stereocenters. The lowest BCUT2D eigenvalue weighted by molar-refractivity contribution is -0.136. The quantitative estimate of drug-likeness (QED) is 0.516. The Labute approximate surface area is 189 Å². The molecule has 0 amide bonds. The van der Waals surface area contributed by atoms with Gasteiger partial charge in [-0.25, -0.2) is 4.99 Å². The van der Waals surface area contributed by atoms with Crippen molar-refractivity contribution in [1.82, 2.24) is 4.57 Å². The first-order valence-corrected chi connectivity index (χ1v) is 11.3. The van der Waals surface area contributed by atoms with E-state index < -0.39 is 12.6 Å². The highest BCUT2D eigenvalue weighted by molar-refractivity contribution is 7.80. The molecule has 1 heterocycles. The van der Waals surface area contributed by atoms with Gasteiger partial charge in [-0.05, 0) is 42.9 Å². The van der Waals surface area contributed by atoms with Gasteiger partial charge >= 0.3 is 6.18 Å². The first-order valence-electron chi connectivity index (χ1n) is 10.0. The Morgan fingerprint density at radius 1 is 1.32 bits per heavy atom. The molecule has 0 spiro atoms. The van der Waals surface area contributed by atoms with Crippen LogP contribution in [0.15, 0.2) is 29.4 Å². The van der Waals surface area contributed by atoms with E-state index in [1.807, 2.05) is 20.8 Å². The molecule has 4 nitrogen and oxygen atoms in total. The normalized spacial score (nSPS) is 15.5. The molecule has 3 rings (SSSR count). The smallest absolute Gasteiger partial charge is 0.390 e. The predicted octanol–water partition coefficient (Wildman–Crippen LogP) is 5.88. The molecule has 0 saturated heterocycles. The van der Waals surface area contributed by atoms with E-state index in [1.54, 1.807) is 24.4 Å². The van der Waals surface area contributed by atoms with Crippen LogP contribution in [0.1, 0.15) is 62.5 Å². The monoisotopic (exact) mass is 467 g/mol. The lowest BCUT2D eigenvalue weighted by Crippen LogP contribution is -2.25. The summed E-state index contributed by atoms with van der Waals surface area (Å²) in [7, 11) is 0. The molecule has 0 N–H and O–H groups in total. The molecule has 1 fully saturated rings. The number of benzene rings is 1. The highest BCUT2D eigenvalue weighted by atomic mass is 32.1. The Kier molecular flexibility index (Phi) is 6.92. The van der Waals surface area contributed by atoms with Crippen LogP contribution >= 0.6 is 23.6 Å². The van der Waals surface area contributed by atoms with Gasteiger partial charge in [0.1, 0.15) is 10.7 Å². The van der Waals surface area contributed by atoms with Crippen molar-refractivity contribution in [2.45, 2.75) is 70.7 Å². The second-order valence-electron chi connectivity index (χ2n) is 8.60. The van der Waals surface area contributed by atoms with Gasteiger partial charge in [0.25, 0.3) is 0 Å². The fraction of sp³-hybridized carbons (Fsp3) is 0.500. The molecule has 0 unspecified atom stereocenters. The number of ether oxygens (including phenoxy) is 1. The molecule has 2 aromatic rings. The average molecular weight is 468 g/mol. The van der Waals surface area contributed by atoms with E-state index in [-0.39, 0.29) is 23.1 Å². The Morgan fingerprint density at radius 3 is 2.58 bits per heavy atom. The van der Waals surface area contributed by atoms with E-state index in [2.05, 4.69) is 11.1 Å². The van der Waals surface area contributed by atoms with Crippen LogP contribution in [0.2, 0.25) is 0 Å². The minimum atomic E-state index is -4.26. The highest BCUT2D eigenvalue weighted by Gasteiger charge is 2.28. The van der Waals surface area contributed by atoms with Crippen LogP contribution in [0, 0.1) is 11.3 Å². The van der Waals surface area contributed by atoms with E-state index in [0.29, 0.717) is 21.7 Å². The topological polar surface area (TPSA) is 50.3 Å². The van der Waals surface area contributed by atoms with Crippen LogP contribution in [0.5, 0.6) is 5.75 Å². The van der Waals surface area contributed by atoms with Crippen LogP contribution in [0.4, 0.5) is 13.2 Å². The SMILES string of the molecule is CC(C)(C)c1cn(CCC(F)(F)F)/c(=N/C(=S)c2cc(C#N)ccc2OC2CCC2)s1. The first kappa shape index (κ1) is 23.5. The fourth-order valence-corrected chi connectivity index (χ4v) is 4.29. The maximum Gasteiger partial charge on any atom is 0.390 e. The maximum absolute atomic E-state index is 12.8. The lowest BCUT2D eigenvalue weighted by Gasteiger charge is -2.27. The number of nitriles is 1. The molecular weight excluding hydrogens is 443 g/mol. The second-order valence-corrected chi connectivity index (χ2v) is 9.99. The van der Waals surface area contributed by atoms with E-state index in [0.717, 1.165) is 24.1 Å². The van der Waals surface area contributed by atoms with Gasteiger partial charge in [-0.2, -0.15) is 18.4 Å². The number of halogens is 3. The summed E-state index contributed by atoms with van der Waals surface area (Å²) in [6, 6.07) is 7.07. The standard InChI is InChI=1S/C22H24F3N3OS2/c1-21(2,3)18-13-28(10-9-22(23,24)25)20(31-18)27-19(30)16-11-14(12-26)7-8-17(16)29-15-5-4-6-15/h7-8,11,13,15H,4-6,9-10H2,1-3H3/b27-20-. The first-order chi connectivity index (χ1) is 14.5. The summed E-state index contributed by atoms with van der Waals surface area (Å²) in [5, 5.41) is 9.27. The van der Waals surface area contributed by atoms with Gasteiger partial charge in [-0.15, -0.1) is 11.3 Å². The Balaban J connectivity index is 2.01. The van der Waals surface area contributed by atoms with Crippen molar-refractivity contribution in [3.05, 3.63) is 45.2 Å². The molecule has 1 aromatic heterocycles. The zero-order chi connectivity index (χ0) is 22.8. The Bertz CT molecular complexity index is 1070. The third kappa shape index (κ3) is 6.17. The summed E-state index contributed by atoms with van der Waals surface area (Å²) in [6.07, 6.45) is -0.362. The summed E-state index contributed by atoms with van der Waals surface area (Å²) in [5.41, 5.74) is 0.688.